The summed E-state index contributed by atoms with van der Waals surface area (Å²) in [4.78, 5) is 17.7. The zero-order valence-electron chi connectivity index (χ0n) is 12.4. The van der Waals surface area contributed by atoms with Crippen LogP contribution in [-0.2, 0) is 9.47 Å². The predicted molar refractivity (Wildman–Crippen MR) is 77.6 cm³/mol. The van der Waals surface area contributed by atoms with E-state index in [1.165, 1.54) is 0 Å². The molecule has 0 saturated carbocycles. The quantitative estimate of drug-likeness (QED) is 0.782. The monoisotopic (exact) mass is 292 g/mol. The van der Waals surface area contributed by atoms with Gasteiger partial charge in [0.25, 0.3) is 0 Å². The van der Waals surface area contributed by atoms with Gasteiger partial charge in [-0.3, -0.25) is 0 Å². The molecule has 4 rings (SSSR count). The summed E-state index contributed by atoms with van der Waals surface area (Å²) in [6.45, 7) is 9.08. The Morgan fingerprint density at radius 1 is 0.952 bits per heavy atom. The largest absolute Gasteiger partial charge is 0.348 e. The van der Waals surface area contributed by atoms with Crippen molar-refractivity contribution in [2.45, 2.75) is 25.7 Å². The molecule has 3 saturated heterocycles. The van der Waals surface area contributed by atoms with E-state index in [1.54, 1.807) is 0 Å². The second-order valence-electron chi connectivity index (χ2n) is 6.10. The lowest BCUT2D eigenvalue weighted by atomic mass is 10.2. The summed E-state index contributed by atoms with van der Waals surface area (Å²) in [5.41, 5.74) is 0. The van der Waals surface area contributed by atoms with Crippen LogP contribution >= 0.6 is 0 Å². The topological polar surface area (TPSA) is 75.2 Å². The highest BCUT2D eigenvalue weighted by atomic mass is 16.7. The molecule has 3 fully saturated rings. The van der Waals surface area contributed by atoms with Crippen LogP contribution in [0.25, 0.3) is 0 Å². The average Bonchev–Trinajstić information content (AvgIpc) is 3.32. The van der Waals surface area contributed by atoms with Gasteiger partial charge in [0.15, 0.2) is 5.79 Å². The van der Waals surface area contributed by atoms with Crippen LogP contribution in [0.15, 0.2) is 0 Å². The van der Waals surface area contributed by atoms with Crippen LogP contribution in [0.3, 0.4) is 0 Å². The van der Waals surface area contributed by atoms with Crippen molar-refractivity contribution in [2.24, 2.45) is 0 Å². The van der Waals surface area contributed by atoms with Crippen molar-refractivity contribution >= 4 is 17.8 Å². The number of ether oxygens (including phenoxy) is 2. The molecule has 0 amide bonds. The maximum Gasteiger partial charge on any atom is 0.232 e. The molecule has 1 aromatic rings. The normalized spacial score (nSPS) is 24.1. The van der Waals surface area contributed by atoms with Gasteiger partial charge >= 0.3 is 0 Å². The van der Waals surface area contributed by atoms with Gasteiger partial charge in [0.05, 0.1) is 19.3 Å². The molecule has 8 heteroatoms. The first-order valence-electron chi connectivity index (χ1n) is 7.39. The van der Waals surface area contributed by atoms with Crippen molar-refractivity contribution in [1.82, 2.24) is 15.0 Å². The van der Waals surface area contributed by atoms with Crippen molar-refractivity contribution in [3.8, 4) is 0 Å². The first-order valence-corrected chi connectivity index (χ1v) is 7.39. The van der Waals surface area contributed by atoms with Crippen LogP contribution < -0.4 is 15.1 Å². The molecule has 8 nitrogen and oxygen atoms in total. The number of hydrogen-bond acceptors (Lipinski definition) is 8. The third kappa shape index (κ3) is 3.01. The fourth-order valence-corrected chi connectivity index (χ4v) is 2.16. The lowest BCUT2D eigenvalue weighted by Crippen LogP contribution is -2.45. The number of nitrogens with zero attached hydrogens (tertiary/aromatic N) is 5. The summed E-state index contributed by atoms with van der Waals surface area (Å²) in [6.07, 6.45) is 0. The van der Waals surface area contributed by atoms with Crippen molar-refractivity contribution in [1.29, 1.82) is 0 Å². The van der Waals surface area contributed by atoms with Gasteiger partial charge in [-0.25, -0.2) is 0 Å². The Bertz CT molecular complexity index is 503. The van der Waals surface area contributed by atoms with E-state index in [2.05, 4.69) is 30.1 Å². The lowest BCUT2D eigenvalue weighted by Gasteiger charge is -2.35. The minimum Gasteiger partial charge on any atom is -0.348 e. The fourth-order valence-electron chi connectivity index (χ4n) is 2.16. The molecule has 0 bridgehead atoms. The zero-order chi connectivity index (χ0) is 14.4. The molecule has 1 N–H and O–H groups in total. The number of hydrogen-bond donors (Lipinski definition) is 1. The van der Waals surface area contributed by atoms with Crippen molar-refractivity contribution in [2.75, 3.05) is 54.5 Å². The van der Waals surface area contributed by atoms with Gasteiger partial charge in [-0.2, -0.15) is 15.0 Å². The number of aromatic nitrogens is 3. The summed E-state index contributed by atoms with van der Waals surface area (Å²) in [5.74, 6) is 1.61. The molecule has 0 unspecified atom stereocenters. The molecule has 114 valence electrons. The highest BCUT2D eigenvalue weighted by Gasteiger charge is 2.30. The van der Waals surface area contributed by atoms with E-state index < -0.39 is 5.79 Å². The van der Waals surface area contributed by atoms with Crippen LogP contribution in [-0.4, -0.2) is 66.2 Å². The number of anilines is 3. The van der Waals surface area contributed by atoms with E-state index in [-0.39, 0.29) is 6.04 Å². The molecular weight excluding hydrogens is 272 g/mol. The average molecular weight is 292 g/mol. The number of rotatable bonds is 4. The first-order chi connectivity index (χ1) is 10.1. The van der Waals surface area contributed by atoms with Crippen LogP contribution in [0.1, 0.15) is 13.8 Å². The van der Waals surface area contributed by atoms with E-state index in [1.807, 2.05) is 13.8 Å². The minimum absolute atomic E-state index is 0.0598. The minimum atomic E-state index is -0.507. The predicted octanol–water partition coefficient (Wildman–Crippen LogP) is 0.0750. The summed E-state index contributed by atoms with van der Waals surface area (Å²) in [5, 5.41) is 3.30. The molecule has 0 spiro atoms. The van der Waals surface area contributed by atoms with Gasteiger partial charge < -0.3 is 24.6 Å². The summed E-state index contributed by atoms with van der Waals surface area (Å²) in [6, 6.07) is 0.0598. The highest BCUT2D eigenvalue weighted by molar-refractivity contribution is 5.50. The third-order valence-corrected chi connectivity index (χ3v) is 3.67. The SMILES string of the molecule is CC1(C)OCC(Nc2nc(N3CC3)nc(N3CC3)n2)CO1. The van der Waals surface area contributed by atoms with Gasteiger partial charge in [-0.1, -0.05) is 0 Å². The lowest BCUT2D eigenvalue weighted by molar-refractivity contribution is -0.247. The van der Waals surface area contributed by atoms with Gasteiger partial charge in [-0.05, 0) is 13.8 Å². The fraction of sp³-hybridized carbons (Fsp3) is 0.769. The Labute approximate surface area is 123 Å². The summed E-state index contributed by atoms with van der Waals surface area (Å²) >= 11 is 0. The standard InChI is InChI=1S/C13H20N6O2/c1-13(2)20-7-9(8-21-13)14-10-15-11(18-3-4-18)17-12(16-10)19-5-6-19/h9H,3-8H2,1-2H3,(H,14,15,16,17). The number of nitrogens with one attached hydrogen (secondary N) is 1. The Balaban J connectivity index is 1.49. The van der Waals surface area contributed by atoms with Gasteiger partial charge in [0.2, 0.25) is 17.8 Å². The molecule has 21 heavy (non-hydrogen) atoms. The van der Waals surface area contributed by atoms with Crippen LogP contribution in [0.5, 0.6) is 0 Å². The summed E-state index contributed by atoms with van der Waals surface area (Å²) in [7, 11) is 0. The molecule has 0 aromatic carbocycles. The third-order valence-electron chi connectivity index (χ3n) is 3.67. The van der Waals surface area contributed by atoms with Crippen LogP contribution in [0.2, 0.25) is 0 Å². The van der Waals surface area contributed by atoms with E-state index >= 15 is 0 Å². The molecule has 3 aliphatic rings. The molecule has 0 radical (unpaired) electrons. The van der Waals surface area contributed by atoms with E-state index in [9.17, 15) is 0 Å². The molecule has 1 aromatic heterocycles. The second-order valence-corrected chi connectivity index (χ2v) is 6.10. The van der Waals surface area contributed by atoms with Crippen molar-refractivity contribution < 1.29 is 9.47 Å². The van der Waals surface area contributed by atoms with Gasteiger partial charge in [-0.15, -0.1) is 0 Å². The zero-order valence-corrected chi connectivity index (χ0v) is 12.4. The van der Waals surface area contributed by atoms with Crippen LogP contribution in [0.4, 0.5) is 17.8 Å². The van der Waals surface area contributed by atoms with Gasteiger partial charge in [0.1, 0.15) is 0 Å². The Hall–Kier alpha value is -1.67. The Kier molecular flexibility index (Phi) is 2.90. The molecule has 0 aliphatic carbocycles. The Morgan fingerprint density at radius 3 is 1.95 bits per heavy atom. The maximum atomic E-state index is 5.65. The first kappa shape index (κ1) is 13.0. The summed E-state index contributed by atoms with van der Waals surface area (Å²) < 4.78 is 11.3. The van der Waals surface area contributed by atoms with Crippen LogP contribution in [0, 0.1) is 0 Å². The highest BCUT2D eigenvalue weighted by Crippen LogP contribution is 2.25. The Morgan fingerprint density at radius 2 is 1.48 bits per heavy atom. The van der Waals surface area contributed by atoms with Crippen molar-refractivity contribution in [3.63, 3.8) is 0 Å². The second kappa shape index (κ2) is 4.67. The molecule has 3 aliphatic heterocycles. The molecule has 4 heterocycles. The van der Waals surface area contributed by atoms with Gasteiger partial charge in [0, 0.05) is 26.2 Å². The van der Waals surface area contributed by atoms with E-state index in [0.717, 1.165) is 38.1 Å². The molecule has 0 atom stereocenters. The van der Waals surface area contributed by atoms with Crippen molar-refractivity contribution in [3.05, 3.63) is 0 Å². The van der Waals surface area contributed by atoms with E-state index in [4.69, 9.17) is 9.47 Å². The smallest absolute Gasteiger partial charge is 0.232 e. The van der Waals surface area contributed by atoms with E-state index in [0.29, 0.717) is 19.2 Å². The maximum absolute atomic E-state index is 5.65. The molecular formula is C13H20N6O2.